The lowest BCUT2D eigenvalue weighted by Gasteiger charge is -2.09. The first-order chi connectivity index (χ1) is 11.3. The standard InChI is InChI=1S/C14H13BN2O6S/c16-10-4-11(14(18)19)13(17-5-10)24(21,22)7-8-1-2-9-6-23-15(20)12(9)3-8/h1-5,20H,6-7,16H2,(H,18,19). The lowest BCUT2D eigenvalue weighted by atomic mass is 9.79. The molecule has 0 unspecified atom stereocenters. The first-order valence-corrected chi connectivity index (χ1v) is 8.56. The largest absolute Gasteiger partial charge is 0.491 e. The van der Waals surface area contributed by atoms with Gasteiger partial charge in [0.05, 0.1) is 29.8 Å². The molecular formula is C14H13BN2O6S. The molecule has 1 aromatic heterocycles. The van der Waals surface area contributed by atoms with Gasteiger partial charge in [0.2, 0.25) is 9.84 Å². The van der Waals surface area contributed by atoms with Gasteiger partial charge in [0.1, 0.15) is 0 Å². The number of nitrogens with two attached hydrogens (primary N) is 1. The molecule has 0 radical (unpaired) electrons. The number of carboxylic acid groups (broad SMARTS) is 1. The Labute approximate surface area is 138 Å². The predicted octanol–water partition coefficient (Wildman–Crippen LogP) is -0.446. The van der Waals surface area contributed by atoms with E-state index in [0.29, 0.717) is 11.0 Å². The van der Waals surface area contributed by atoms with Crippen LogP contribution < -0.4 is 11.2 Å². The Bertz CT molecular complexity index is 931. The second kappa shape index (κ2) is 5.89. The SMILES string of the molecule is Nc1cnc(S(=O)(=O)Cc2ccc3c(c2)B(O)OC3)c(C(=O)O)c1. The van der Waals surface area contributed by atoms with Crippen molar-refractivity contribution < 1.29 is 28.0 Å². The van der Waals surface area contributed by atoms with Crippen molar-refractivity contribution in [2.75, 3.05) is 5.73 Å². The van der Waals surface area contributed by atoms with E-state index >= 15 is 0 Å². The Morgan fingerprint density at radius 3 is 2.83 bits per heavy atom. The molecule has 0 atom stereocenters. The number of benzene rings is 1. The molecule has 2 heterocycles. The number of rotatable bonds is 4. The van der Waals surface area contributed by atoms with Gasteiger partial charge in [0.15, 0.2) is 5.03 Å². The number of aromatic nitrogens is 1. The lowest BCUT2D eigenvalue weighted by Crippen LogP contribution is -2.28. The van der Waals surface area contributed by atoms with Crippen molar-refractivity contribution in [2.45, 2.75) is 17.4 Å². The van der Waals surface area contributed by atoms with Crippen molar-refractivity contribution in [3.05, 3.63) is 47.2 Å². The maximum atomic E-state index is 12.6. The van der Waals surface area contributed by atoms with Crippen LogP contribution in [0.25, 0.3) is 0 Å². The molecule has 0 spiro atoms. The van der Waals surface area contributed by atoms with Gasteiger partial charge in [0, 0.05) is 0 Å². The number of fused-ring (bicyclic) bond motifs is 1. The van der Waals surface area contributed by atoms with Gasteiger partial charge in [-0.1, -0.05) is 18.2 Å². The highest BCUT2D eigenvalue weighted by atomic mass is 32.2. The zero-order valence-electron chi connectivity index (χ0n) is 12.3. The van der Waals surface area contributed by atoms with Crippen molar-refractivity contribution in [3.8, 4) is 0 Å². The van der Waals surface area contributed by atoms with Crippen LogP contribution >= 0.6 is 0 Å². The number of carboxylic acids is 1. The molecule has 10 heteroatoms. The van der Waals surface area contributed by atoms with Crippen molar-refractivity contribution >= 4 is 34.1 Å². The van der Waals surface area contributed by atoms with Gasteiger partial charge in [-0.25, -0.2) is 18.2 Å². The fourth-order valence-corrected chi connectivity index (χ4v) is 3.96. The first-order valence-electron chi connectivity index (χ1n) is 6.91. The summed E-state index contributed by atoms with van der Waals surface area (Å²) in [5.74, 6) is -1.88. The molecular weight excluding hydrogens is 335 g/mol. The van der Waals surface area contributed by atoms with E-state index in [1.165, 1.54) is 6.07 Å². The number of sulfone groups is 1. The molecule has 0 amide bonds. The quantitative estimate of drug-likeness (QED) is 0.632. The number of hydrogen-bond donors (Lipinski definition) is 3. The van der Waals surface area contributed by atoms with Gasteiger partial charge in [0.25, 0.3) is 0 Å². The van der Waals surface area contributed by atoms with Gasteiger partial charge in [-0.3, -0.25) is 0 Å². The van der Waals surface area contributed by atoms with Crippen molar-refractivity contribution in [3.63, 3.8) is 0 Å². The second-order valence-electron chi connectivity index (χ2n) is 5.38. The summed E-state index contributed by atoms with van der Waals surface area (Å²) in [7, 11) is -5.10. The van der Waals surface area contributed by atoms with E-state index < -0.39 is 39.3 Å². The minimum Gasteiger partial charge on any atom is -0.478 e. The molecule has 2 aromatic rings. The minimum atomic E-state index is -4.01. The number of anilines is 1. The maximum Gasteiger partial charge on any atom is 0.491 e. The van der Waals surface area contributed by atoms with Gasteiger partial charge in [-0.2, -0.15) is 0 Å². The highest BCUT2D eigenvalue weighted by Gasteiger charge is 2.29. The zero-order chi connectivity index (χ0) is 17.5. The number of nitrogens with zero attached hydrogens (tertiary/aromatic N) is 1. The third-order valence-electron chi connectivity index (χ3n) is 3.63. The molecule has 4 N–H and O–H groups in total. The van der Waals surface area contributed by atoms with Gasteiger partial charge < -0.3 is 20.5 Å². The van der Waals surface area contributed by atoms with Crippen LogP contribution in [0, 0.1) is 0 Å². The third-order valence-corrected chi connectivity index (χ3v) is 5.25. The zero-order valence-corrected chi connectivity index (χ0v) is 13.2. The second-order valence-corrected chi connectivity index (χ2v) is 7.29. The van der Waals surface area contributed by atoms with E-state index in [4.69, 9.17) is 10.4 Å². The molecule has 1 aromatic carbocycles. The average molecular weight is 348 g/mol. The number of nitrogen functional groups attached to an aromatic ring is 1. The maximum absolute atomic E-state index is 12.6. The number of hydrogen-bond acceptors (Lipinski definition) is 7. The van der Waals surface area contributed by atoms with Crippen LogP contribution in [0.5, 0.6) is 0 Å². The Morgan fingerprint density at radius 1 is 1.38 bits per heavy atom. The van der Waals surface area contributed by atoms with E-state index in [0.717, 1.165) is 17.8 Å². The molecule has 0 aliphatic carbocycles. The predicted molar refractivity (Wildman–Crippen MR) is 85.3 cm³/mol. The fraction of sp³-hybridized carbons (Fsp3) is 0.143. The van der Waals surface area contributed by atoms with Crippen LogP contribution in [-0.2, 0) is 26.9 Å². The Hall–Kier alpha value is -2.43. The third kappa shape index (κ3) is 2.98. The van der Waals surface area contributed by atoms with Crippen LogP contribution in [-0.4, -0.2) is 36.6 Å². The summed E-state index contributed by atoms with van der Waals surface area (Å²) in [6.45, 7) is 0.256. The Morgan fingerprint density at radius 2 is 2.12 bits per heavy atom. The molecule has 1 aliphatic heterocycles. The lowest BCUT2D eigenvalue weighted by molar-refractivity contribution is 0.0691. The molecule has 0 saturated heterocycles. The first kappa shape index (κ1) is 16.4. The van der Waals surface area contributed by atoms with Gasteiger partial charge in [-0.15, -0.1) is 0 Å². The highest BCUT2D eigenvalue weighted by Crippen LogP contribution is 2.21. The molecule has 24 heavy (non-hydrogen) atoms. The van der Waals surface area contributed by atoms with Gasteiger partial charge in [-0.05, 0) is 22.7 Å². The monoisotopic (exact) mass is 348 g/mol. The van der Waals surface area contributed by atoms with Crippen LogP contribution in [0.1, 0.15) is 21.5 Å². The van der Waals surface area contributed by atoms with E-state index in [2.05, 4.69) is 4.98 Å². The minimum absolute atomic E-state index is 0.0594. The summed E-state index contributed by atoms with van der Waals surface area (Å²) in [6, 6.07) is 5.85. The van der Waals surface area contributed by atoms with Gasteiger partial charge >= 0.3 is 13.1 Å². The smallest absolute Gasteiger partial charge is 0.478 e. The van der Waals surface area contributed by atoms with E-state index in [-0.39, 0.29) is 12.3 Å². The van der Waals surface area contributed by atoms with Crippen molar-refractivity contribution in [1.29, 1.82) is 0 Å². The van der Waals surface area contributed by atoms with E-state index in [1.807, 2.05) is 0 Å². The highest BCUT2D eigenvalue weighted by molar-refractivity contribution is 7.90. The molecule has 8 nitrogen and oxygen atoms in total. The molecule has 1 aliphatic rings. The van der Waals surface area contributed by atoms with Crippen molar-refractivity contribution in [1.82, 2.24) is 4.98 Å². The van der Waals surface area contributed by atoms with E-state index in [1.54, 1.807) is 12.1 Å². The fourth-order valence-electron chi connectivity index (χ4n) is 2.51. The number of pyridine rings is 1. The number of aromatic carboxylic acids is 1. The molecule has 3 rings (SSSR count). The Balaban J connectivity index is 1.98. The topological polar surface area (TPSA) is 140 Å². The summed E-state index contributed by atoms with van der Waals surface area (Å²) in [5, 5.41) is 18.3. The molecule has 0 bridgehead atoms. The van der Waals surface area contributed by atoms with Crippen LogP contribution in [0.15, 0.2) is 35.5 Å². The summed E-state index contributed by atoms with van der Waals surface area (Å²) in [5.41, 5.74) is 6.74. The van der Waals surface area contributed by atoms with Crippen LogP contribution in [0.2, 0.25) is 0 Å². The number of carbonyl (C=O) groups is 1. The normalized spacial score (nSPS) is 13.8. The Kier molecular flexibility index (Phi) is 4.04. The van der Waals surface area contributed by atoms with E-state index in [9.17, 15) is 23.3 Å². The van der Waals surface area contributed by atoms with Crippen LogP contribution in [0.3, 0.4) is 0 Å². The molecule has 0 saturated carbocycles. The summed E-state index contributed by atoms with van der Waals surface area (Å²) < 4.78 is 30.2. The molecule has 124 valence electrons. The van der Waals surface area contributed by atoms with Crippen molar-refractivity contribution in [2.24, 2.45) is 0 Å². The summed E-state index contributed by atoms with van der Waals surface area (Å²) in [4.78, 5) is 14.9. The summed E-state index contributed by atoms with van der Waals surface area (Å²) in [6.07, 6.45) is 1.10. The summed E-state index contributed by atoms with van der Waals surface area (Å²) >= 11 is 0. The molecule has 0 fully saturated rings. The average Bonchev–Trinajstić information content (AvgIpc) is 2.87. The van der Waals surface area contributed by atoms with Crippen LogP contribution in [0.4, 0.5) is 5.69 Å².